The molecule has 1 atom stereocenters. The monoisotopic (exact) mass is 410 g/mol. The largest absolute Gasteiger partial charge is 0.435 e. The van der Waals surface area contributed by atoms with E-state index in [2.05, 4.69) is 9.46 Å². The zero-order valence-electron chi connectivity index (χ0n) is 15.4. The number of alkyl halides is 2. The van der Waals surface area contributed by atoms with Gasteiger partial charge in [-0.1, -0.05) is 12.1 Å². The molecule has 0 aromatic heterocycles. The molecule has 0 bridgehead atoms. The minimum absolute atomic E-state index is 0.0413. The number of nitrogens with zero attached hydrogens (tertiary/aromatic N) is 1. The van der Waals surface area contributed by atoms with Crippen LogP contribution in [-0.4, -0.2) is 27.5 Å². The number of amides is 1. The molecule has 2 aromatic carbocycles. The quantitative estimate of drug-likeness (QED) is 0.793. The standard InChI is InChI=1S/C19H20F2N2O4S/c1-12(14-4-3-5-16(10-14)27-19(20)21)22-28(25,26)17-6-7-18-15(11-17)8-9-23(18)13(2)24/h3-7,10-12,19,22H,8-9H2,1-2H3. The first-order chi connectivity index (χ1) is 13.2. The molecule has 1 heterocycles. The van der Waals surface area contributed by atoms with Crippen LogP contribution < -0.4 is 14.4 Å². The lowest BCUT2D eigenvalue weighted by Crippen LogP contribution is -2.27. The molecule has 150 valence electrons. The van der Waals surface area contributed by atoms with E-state index < -0.39 is 22.7 Å². The predicted molar refractivity (Wildman–Crippen MR) is 100.0 cm³/mol. The Morgan fingerprint density at radius 2 is 1.96 bits per heavy atom. The number of benzene rings is 2. The van der Waals surface area contributed by atoms with E-state index in [1.165, 1.54) is 31.2 Å². The highest BCUT2D eigenvalue weighted by Gasteiger charge is 2.25. The van der Waals surface area contributed by atoms with Crippen LogP contribution in [0.25, 0.3) is 0 Å². The van der Waals surface area contributed by atoms with Gasteiger partial charge >= 0.3 is 6.61 Å². The van der Waals surface area contributed by atoms with Crippen molar-refractivity contribution >= 4 is 21.6 Å². The van der Waals surface area contributed by atoms with Gasteiger partial charge in [-0.3, -0.25) is 4.79 Å². The maximum atomic E-state index is 12.8. The molecule has 9 heteroatoms. The molecule has 1 N–H and O–H groups in total. The molecule has 0 radical (unpaired) electrons. The lowest BCUT2D eigenvalue weighted by molar-refractivity contribution is -0.116. The SMILES string of the molecule is CC(=O)N1CCc2cc(S(=O)(=O)NC(C)c3cccc(OC(F)F)c3)ccc21. The summed E-state index contributed by atoms with van der Waals surface area (Å²) < 4.78 is 57.2. The molecular formula is C19H20F2N2O4S. The van der Waals surface area contributed by atoms with Gasteiger partial charge in [0.05, 0.1) is 4.90 Å². The third kappa shape index (κ3) is 4.31. The van der Waals surface area contributed by atoms with Gasteiger partial charge in [0.25, 0.3) is 0 Å². The minimum Gasteiger partial charge on any atom is -0.435 e. The first-order valence-corrected chi connectivity index (χ1v) is 10.1. The van der Waals surface area contributed by atoms with Crippen LogP contribution in [0.3, 0.4) is 0 Å². The van der Waals surface area contributed by atoms with Gasteiger partial charge in [-0.05, 0) is 54.8 Å². The smallest absolute Gasteiger partial charge is 0.387 e. The highest BCUT2D eigenvalue weighted by molar-refractivity contribution is 7.89. The van der Waals surface area contributed by atoms with E-state index in [9.17, 15) is 22.0 Å². The number of sulfonamides is 1. The van der Waals surface area contributed by atoms with E-state index in [1.807, 2.05) is 0 Å². The molecule has 28 heavy (non-hydrogen) atoms. The number of nitrogens with one attached hydrogen (secondary N) is 1. The fraction of sp³-hybridized carbons (Fsp3) is 0.316. The molecule has 1 unspecified atom stereocenters. The first kappa shape index (κ1) is 20.2. The fourth-order valence-corrected chi connectivity index (χ4v) is 4.48. The minimum atomic E-state index is -3.85. The predicted octanol–water partition coefficient (Wildman–Crippen LogP) is 3.24. The van der Waals surface area contributed by atoms with E-state index in [-0.39, 0.29) is 16.6 Å². The number of hydrogen-bond donors (Lipinski definition) is 1. The Kier molecular flexibility index (Phi) is 5.66. The number of halogens is 2. The van der Waals surface area contributed by atoms with E-state index in [1.54, 1.807) is 30.0 Å². The van der Waals surface area contributed by atoms with E-state index in [4.69, 9.17) is 0 Å². The number of hydrogen-bond acceptors (Lipinski definition) is 4. The molecule has 0 fully saturated rings. The van der Waals surface area contributed by atoms with Gasteiger partial charge in [0.2, 0.25) is 15.9 Å². The molecule has 1 aliphatic rings. The number of rotatable bonds is 6. The van der Waals surface area contributed by atoms with Crippen LogP contribution in [0.15, 0.2) is 47.4 Å². The molecule has 2 aromatic rings. The number of anilines is 1. The summed E-state index contributed by atoms with van der Waals surface area (Å²) in [5.41, 5.74) is 2.00. The maximum Gasteiger partial charge on any atom is 0.387 e. The number of fused-ring (bicyclic) bond motifs is 1. The Hall–Kier alpha value is -2.52. The van der Waals surface area contributed by atoms with Crippen molar-refractivity contribution in [2.24, 2.45) is 0 Å². The van der Waals surface area contributed by atoms with Crippen molar-refractivity contribution in [2.45, 2.75) is 37.8 Å². The molecule has 0 saturated heterocycles. The molecule has 3 rings (SSSR count). The second-order valence-electron chi connectivity index (χ2n) is 6.51. The highest BCUT2D eigenvalue weighted by Crippen LogP contribution is 2.31. The zero-order valence-corrected chi connectivity index (χ0v) is 16.2. The van der Waals surface area contributed by atoms with Crippen LogP contribution in [-0.2, 0) is 21.2 Å². The Morgan fingerprint density at radius 3 is 2.64 bits per heavy atom. The Labute approximate surface area is 162 Å². The van der Waals surface area contributed by atoms with Crippen LogP contribution in [0.2, 0.25) is 0 Å². The van der Waals surface area contributed by atoms with Crippen LogP contribution in [0.4, 0.5) is 14.5 Å². The Balaban J connectivity index is 1.80. The molecule has 1 amide bonds. The average Bonchev–Trinajstić information content (AvgIpc) is 3.04. The van der Waals surface area contributed by atoms with E-state index in [0.717, 1.165) is 11.3 Å². The number of carbonyl (C=O) groups excluding carboxylic acids is 1. The zero-order chi connectivity index (χ0) is 20.5. The molecular weight excluding hydrogens is 390 g/mol. The van der Waals surface area contributed by atoms with Crippen LogP contribution in [0.1, 0.15) is 31.0 Å². The topological polar surface area (TPSA) is 75.7 Å². The van der Waals surface area contributed by atoms with Crippen molar-refractivity contribution in [1.82, 2.24) is 4.72 Å². The normalized spacial score (nSPS) is 14.8. The van der Waals surface area contributed by atoms with Crippen LogP contribution >= 0.6 is 0 Å². The molecule has 0 spiro atoms. The van der Waals surface area contributed by atoms with Gasteiger partial charge in [0.15, 0.2) is 0 Å². The third-order valence-corrected chi connectivity index (χ3v) is 6.09. The van der Waals surface area contributed by atoms with Crippen molar-refractivity contribution in [3.63, 3.8) is 0 Å². The first-order valence-electron chi connectivity index (χ1n) is 8.65. The van der Waals surface area contributed by atoms with Gasteiger partial charge in [0.1, 0.15) is 5.75 Å². The fourth-order valence-electron chi connectivity index (χ4n) is 3.20. The van der Waals surface area contributed by atoms with Crippen molar-refractivity contribution in [3.8, 4) is 5.75 Å². The Morgan fingerprint density at radius 1 is 1.21 bits per heavy atom. The van der Waals surface area contributed by atoms with Gasteiger partial charge < -0.3 is 9.64 Å². The summed E-state index contributed by atoms with van der Waals surface area (Å²) in [5.74, 6) is -0.132. The number of ether oxygens (including phenoxy) is 1. The van der Waals surface area contributed by atoms with Crippen molar-refractivity contribution in [3.05, 3.63) is 53.6 Å². The van der Waals surface area contributed by atoms with Gasteiger partial charge in [-0.25, -0.2) is 13.1 Å². The van der Waals surface area contributed by atoms with E-state index in [0.29, 0.717) is 18.5 Å². The molecule has 6 nitrogen and oxygen atoms in total. The van der Waals surface area contributed by atoms with Crippen LogP contribution in [0, 0.1) is 0 Å². The van der Waals surface area contributed by atoms with E-state index >= 15 is 0 Å². The summed E-state index contributed by atoms with van der Waals surface area (Å²) in [7, 11) is -3.85. The van der Waals surface area contributed by atoms with Crippen molar-refractivity contribution in [2.75, 3.05) is 11.4 Å². The summed E-state index contributed by atoms with van der Waals surface area (Å²) in [6, 6.07) is 9.86. The highest BCUT2D eigenvalue weighted by atomic mass is 32.2. The summed E-state index contributed by atoms with van der Waals surface area (Å²) >= 11 is 0. The molecule has 1 aliphatic heterocycles. The maximum absolute atomic E-state index is 12.8. The average molecular weight is 410 g/mol. The second-order valence-corrected chi connectivity index (χ2v) is 8.22. The third-order valence-electron chi connectivity index (χ3n) is 4.55. The summed E-state index contributed by atoms with van der Waals surface area (Å²) in [6.07, 6.45) is 0.584. The lowest BCUT2D eigenvalue weighted by Gasteiger charge is -2.17. The lowest BCUT2D eigenvalue weighted by atomic mass is 10.1. The molecule has 0 aliphatic carbocycles. The summed E-state index contributed by atoms with van der Waals surface area (Å²) in [4.78, 5) is 13.3. The van der Waals surface area contributed by atoms with Crippen molar-refractivity contribution in [1.29, 1.82) is 0 Å². The van der Waals surface area contributed by atoms with Gasteiger partial charge in [-0.15, -0.1) is 0 Å². The summed E-state index contributed by atoms with van der Waals surface area (Å²) in [6.45, 7) is 0.649. The summed E-state index contributed by atoms with van der Waals surface area (Å²) in [5, 5.41) is 0. The van der Waals surface area contributed by atoms with Crippen LogP contribution in [0.5, 0.6) is 5.75 Å². The number of carbonyl (C=O) groups is 1. The second kappa shape index (κ2) is 7.84. The molecule has 0 saturated carbocycles. The van der Waals surface area contributed by atoms with Gasteiger partial charge in [-0.2, -0.15) is 8.78 Å². The Bertz CT molecular complexity index is 995. The van der Waals surface area contributed by atoms with Gasteiger partial charge in [0, 0.05) is 25.2 Å². The van der Waals surface area contributed by atoms with Crippen molar-refractivity contribution < 1.29 is 26.7 Å².